The molecule has 1 aromatic heterocycles. The van der Waals surface area contributed by atoms with Gasteiger partial charge in [-0.1, -0.05) is 12.1 Å². The Labute approximate surface area is 137 Å². The van der Waals surface area contributed by atoms with Crippen LogP contribution in [0, 0.1) is 12.7 Å². The van der Waals surface area contributed by atoms with E-state index in [1.165, 1.54) is 29.2 Å². The highest BCUT2D eigenvalue weighted by Crippen LogP contribution is 2.25. The summed E-state index contributed by atoms with van der Waals surface area (Å²) in [5, 5.41) is 2.70. The largest absolute Gasteiger partial charge is 0.368 e. The quantitative estimate of drug-likeness (QED) is 0.849. The van der Waals surface area contributed by atoms with E-state index in [0.717, 1.165) is 0 Å². The second-order valence-electron chi connectivity index (χ2n) is 5.50. The van der Waals surface area contributed by atoms with Crippen molar-refractivity contribution in [3.63, 3.8) is 0 Å². The Hall–Kier alpha value is -3.03. The lowest BCUT2D eigenvalue weighted by Crippen LogP contribution is -2.52. The molecule has 0 aliphatic carbocycles. The van der Waals surface area contributed by atoms with Crippen molar-refractivity contribution in [3.8, 4) is 0 Å². The fraction of sp³-hybridized carbons (Fsp3) is 0.250. The summed E-state index contributed by atoms with van der Waals surface area (Å²) in [4.78, 5) is 34.4. The summed E-state index contributed by atoms with van der Waals surface area (Å²) in [5.74, 6) is -1.29. The maximum Gasteiger partial charge on any atom is 0.273 e. The number of hydrogen-bond acceptors (Lipinski definition) is 5. The van der Waals surface area contributed by atoms with E-state index in [2.05, 4.69) is 15.3 Å². The topological polar surface area (TPSA) is 101 Å². The number of halogens is 1. The highest BCUT2D eigenvalue weighted by molar-refractivity contribution is 5.97. The van der Waals surface area contributed by atoms with E-state index in [1.807, 2.05) is 0 Å². The molecule has 3 rings (SSSR count). The third-order valence-corrected chi connectivity index (χ3v) is 3.73. The zero-order valence-electron chi connectivity index (χ0n) is 13.0. The standard InChI is InChI=1S/C16H16FN5O2/c1-9-7-12(21-16(18)20-9)15(24)22-6-5-19-14(23)13(22)10-3-2-4-11(17)8-10/h2-4,7-8,13H,5-6H2,1H3,(H,19,23)(H2,18,20,21)/t13-/m0/s1. The van der Waals surface area contributed by atoms with Gasteiger partial charge in [-0.15, -0.1) is 0 Å². The van der Waals surface area contributed by atoms with Crippen LogP contribution in [-0.4, -0.2) is 39.8 Å². The molecule has 1 aliphatic rings. The van der Waals surface area contributed by atoms with Gasteiger partial charge >= 0.3 is 0 Å². The smallest absolute Gasteiger partial charge is 0.273 e. The first-order chi connectivity index (χ1) is 11.5. The van der Waals surface area contributed by atoms with E-state index < -0.39 is 17.8 Å². The number of carbonyl (C=O) groups excluding carboxylic acids is 2. The van der Waals surface area contributed by atoms with Gasteiger partial charge < -0.3 is 16.0 Å². The molecule has 1 aliphatic heterocycles. The molecule has 1 atom stereocenters. The van der Waals surface area contributed by atoms with Crippen molar-refractivity contribution in [1.82, 2.24) is 20.2 Å². The van der Waals surface area contributed by atoms with Crippen LogP contribution < -0.4 is 11.1 Å². The molecule has 1 aromatic carbocycles. The minimum Gasteiger partial charge on any atom is -0.368 e. The van der Waals surface area contributed by atoms with Crippen LogP contribution in [0.1, 0.15) is 27.8 Å². The Morgan fingerprint density at radius 1 is 1.38 bits per heavy atom. The number of carbonyl (C=O) groups is 2. The summed E-state index contributed by atoms with van der Waals surface area (Å²) >= 11 is 0. The highest BCUT2D eigenvalue weighted by Gasteiger charge is 2.35. The molecule has 3 N–H and O–H groups in total. The van der Waals surface area contributed by atoms with E-state index in [-0.39, 0.29) is 24.1 Å². The van der Waals surface area contributed by atoms with Crippen molar-refractivity contribution in [2.45, 2.75) is 13.0 Å². The number of hydrogen-bond donors (Lipinski definition) is 2. The highest BCUT2D eigenvalue weighted by atomic mass is 19.1. The van der Waals surface area contributed by atoms with Crippen LogP contribution in [0.5, 0.6) is 0 Å². The summed E-state index contributed by atoms with van der Waals surface area (Å²) in [5.41, 5.74) is 6.66. The van der Waals surface area contributed by atoms with Gasteiger partial charge in [-0.05, 0) is 30.7 Å². The van der Waals surface area contributed by atoms with Crippen molar-refractivity contribution in [3.05, 3.63) is 53.1 Å². The van der Waals surface area contributed by atoms with Gasteiger partial charge in [0, 0.05) is 18.8 Å². The van der Waals surface area contributed by atoms with Gasteiger partial charge in [0.2, 0.25) is 11.9 Å². The predicted octanol–water partition coefficient (Wildman–Crippen LogP) is 0.820. The van der Waals surface area contributed by atoms with Crippen molar-refractivity contribution < 1.29 is 14.0 Å². The number of nitrogens with two attached hydrogens (primary N) is 1. The molecule has 2 amide bonds. The first-order valence-electron chi connectivity index (χ1n) is 7.41. The average molecular weight is 329 g/mol. The summed E-state index contributed by atoms with van der Waals surface area (Å²) in [6.07, 6.45) is 0. The molecule has 7 nitrogen and oxygen atoms in total. The van der Waals surface area contributed by atoms with E-state index >= 15 is 0 Å². The zero-order valence-corrected chi connectivity index (χ0v) is 13.0. The first-order valence-corrected chi connectivity index (χ1v) is 7.41. The van der Waals surface area contributed by atoms with Gasteiger partial charge in [0.05, 0.1) is 0 Å². The number of piperazine rings is 1. The number of nitrogens with zero attached hydrogens (tertiary/aromatic N) is 3. The molecular formula is C16H16FN5O2. The van der Waals surface area contributed by atoms with Crippen LogP contribution >= 0.6 is 0 Å². The molecule has 1 saturated heterocycles. The first kappa shape index (κ1) is 15.9. The van der Waals surface area contributed by atoms with Gasteiger partial charge in [-0.2, -0.15) is 0 Å². The maximum atomic E-state index is 13.5. The number of rotatable bonds is 2. The number of benzene rings is 1. The Balaban J connectivity index is 2.00. The normalized spacial score (nSPS) is 17.5. The summed E-state index contributed by atoms with van der Waals surface area (Å²) < 4.78 is 13.5. The minimum atomic E-state index is -0.918. The van der Waals surface area contributed by atoms with Gasteiger partial charge in [0.1, 0.15) is 17.6 Å². The number of nitrogen functional groups attached to an aromatic ring is 1. The molecular weight excluding hydrogens is 313 g/mol. The zero-order chi connectivity index (χ0) is 17.3. The summed E-state index contributed by atoms with van der Waals surface area (Å²) in [6.45, 7) is 2.30. The lowest BCUT2D eigenvalue weighted by molar-refractivity contribution is -0.128. The van der Waals surface area contributed by atoms with Gasteiger partial charge in [-0.25, -0.2) is 14.4 Å². The number of aryl methyl sites for hydroxylation is 1. The lowest BCUT2D eigenvalue weighted by Gasteiger charge is -2.35. The van der Waals surface area contributed by atoms with Crippen LogP contribution in [0.15, 0.2) is 30.3 Å². The van der Waals surface area contributed by atoms with Crippen molar-refractivity contribution in [1.29, 1.82) is 0 Å². The molecule has 1 fully saturated rings. The van der Waals surface area contributed by atoms with Crippen molar-refractivity contribution in [2.75, 3.05) is 18.8 Å². The van der Waals surface area contributed by atoms with Crippen LogP contribution in [0.2, 0.25) is 0 Å². The lowest BCUT2D eigenvalue weighted by atomic mass is 10.0. The maximum absolute atomic E-state index is 13.5. The molecule has 0 unspecified atom stereocenters. The summed E-state index contributed by atoms with van der Waals surface area (Å²) in [7, 11) is 0. The van der Waals surface area contributed by atoms with Gasteiger partial charge in [0.15, 0.2) is 0 Å². The molecule has 0 radical (unpaired) electrons. The van der Waals surface area contributed by atoms with E-state index in [0.29, 0.717) is 17.8 Å². The van der Waals surface area contributed by atoms with Crippen LogP contribution in [0.25, 0.3) is 0 Å². The fourth-order valence-electron chi connectivity index (χ4n) is 2.74. The Morgan fingerprint density at radius 2 is 2.17 bits per heavy atom. The van der Waals surface area contributed by atoms with Gasteiger partial charge in [0.25, 0.3) is 5.91 Å². The third-order valence-electron chi connectivity index (χ3n) is 3.73. The molecule has 0 saturated carbocycles. The molecule has 124 valence electrons. The predicted molar refractivity (Wildman–Crippen MR) is 84.4 cm³/mol. The fourth-order valence-corrected chi connectivity index (χ4v) is 2.74. The van der Waals surface area contributed by atoms with Gasteiger partial charge in [-0.3, -0.25) is 9.59 Å². The third kappa shape index (κ3) is 3.03. The second kappa shape index (κ2) is 6.23. The Morgan fingerprint density at radius 3 is 2.88 bits per heavy atom. The van der Waals surface area contributed by atoms with E-state index in [4.69, 9.17) is 5.73 Å². The monoisotopic (exact) mass is 329 g/mol. The van der Waals surface area contributed by atoms with E-state index in [9.17, 15) is 14.0 Å². The molecule has 2 aromatic rings. The van der Waals surface area contributed by atoms with E-state index in [1.54, 1.807) is 13.0 Å². The second-order valence-corrected chi connectivity index (χ2v) is 5.50. The van der Waals surface area contributed by atoms with Crippen molar-refractivity contribution >= 4 is 17.8 Å². The van der Waals surface area contributed by atoms with Crippen LogP contribution in [-0.2, 0) is 4.79 Å². The molecule has 8 heteroatoms. The Bertz CT molecular complexity index is 791. The number of aromatic nitrogens is 2. The number of anilines is 1. The number of nitrogens with one attached hydrogen (secondary N) is 1. The number of amides is 2. The molecule has 0 bridgehead atoms. The minimum absolute atomic E-state index is 0.0119. The average Bonchev–Trinajstić information content (AvgIpc) is 2.53. The van der Waals surface area contributed by atoms with Crippen LogP contribution in [0.3, 0.4) is 0 Å². The summed E-state index contributed by atoms with van der Waals surface area (Å²) in [6, 6.07) is 6.23. The van der Waals surface area contributed by atoms with Crippen LogP contribution in [0.4, 0.5) is 10.3 Å². The molecule has 0 spiro atoms. The SMILES string of the molecule is Cc1cc(C(=O)N2CCNC(=O)[C@@H]2c2cccc(F)c2)nc(N)n1. The Kier molecular flexibility index (Phi) is 4.11. The molecule has 2 heterocycles. The van der Waals surface area contributed by atoms with Crippen molar-refractivity contribution in [2.24, 2.45) is 0 Å². The molecule has 24 heavy (non-hydrogen) atoms.